The molecule has 0 saturated carbocycles. The fourth-order valence-electron chi connectivity index (χ4n) is 3.80. The highest BCUT2D eigenvalue weighted by molar-refractivity contribution is 7.20. The number of alkyl halides is 2. The molecule has 1 N–H and O–H groups in total. The average Bonchev–Trinajstić information content (AvgIpc) is 3.17. The predicted octanol–water partition coefficient (Wildman–Crippen LogP) is 7.95. The molecule has 0 radical (unpaired) electrons. The fourth-order valence-corrected chi connectivity index (χ4v) is 4.86. The molecule has 0 atom stereocenters. The van der Waals surface area contributed by atoms with Gasteiger partial charge in [-0.2, -0.15) is 0 Å². The van der Waals surface area contributed by atoms with Crippen molar-refractivity contribution in [2.75, 3.05) is 6.61 Å². The molecule has 0 spiro atoms. The molecule has 0 aliphatic heterocycles. The van der Waals surface area contributed by atoms with Gasteiger partial charge in [0.25, 0.3) is 0 Å². The minimum Gasteiger partial charge on any atom is -0.492 e. The minimum absolute atomic E-state index is 0.0649. The monoisotopic (exact) mass is 472 g/mol. The van der Waals surface area contributed by atoms with Gasteiger partial charge in [0.1, 0.15) is 5.75 Å². The average molecular weight is 473 g/mol. The van der Waals surface area contributed by atoms with E-state index >= 15 is 0 Å². The second-order valence-corrected chi connectivity index (χ2v) is 10.2. The van der Waals surface area contributed by atoms with E-state index in [-0.39, 0.29) is 18.4 Å². The Bertz CT molecular complexity index is 1190. The standard InChI is InChI=1S/C27H30F2O3S/c1-6-17-13-20(26(32-11-10-24(28)29)21(14-17)27(3,4)5)18-8-7-9-22-19(18)15-23(33-22)16(2)12-25(30)31/h7-9,12-15,24H,6,10-11H2,1-5H3,(H,30,31)/b16-12+. The summed E-state index contributed by atoms with van der Waals surface area (Å²) in [4.78, 5) is 12.0. The Kier molecular flexibility index (Phi) is 7.58. The molecule has 3 aromatic rings. The van der Waals surface area contributed by atoms with Crippen LogP contribution in [0.3, 0.4) is 0 Å². The van der Waals surface area contributed by atoms with E-state index in [4.69, 9.17) is 9.84 Å². The molecule has 0 aliphatic carbocycles. The molecule has 0 fully saturated rings. The van der Waals surface area contributed by atoms with Crippen LogP contribution in [0.1, 0.15) is 57.0 Å². The lowest BCUT2D eigenvalue weighted by Gasteiger charge is -2.26. The summed E-state index contributed by atoms with van der Waals surface area (Å²) in [5, 5.41) is 10.1. The van der Waals surface area contributed by atoms with Crippen molar-refractivity contribution in [3.63, 3.8) is 0 Å². The molecule has 33 heavy (non-hydrogen) atoms. The molecular weight excluding hydrogens is 442 g/mol. The Morgan fingerprint density at radius 2 is 1.91 bits per heavy atom. The van der Waals surface area contributed by atoms with E-state index in [9.17, 15) is 13.6 Å². The number of thiophene rings is 1. The number of hydrogen-bond donors (Lipinski definition) is 1. The Morgan fingerprint density at radius 1 is 1.18 bits per heavy atom. The van der Waals surface area contributed by atoms with Crippen molar-refractivity contribution in [3.05, 3.63) is 58.5 Å². The largest absolute Gasteiger partial charge is 0.492 e. The second-order valence-electron chi connectivity index (χ2n) is 9.15. The molecule has 0 amide bonds. The first-order valence-electron chi connectivity index (χ1n) is 11.0. The number of fused-ring (bicyclic) bond motifs is 1. The van der Waals surface area contributed by atoms with E-state index in [1.165, 1.54) is 17.4 Å². The van der Waals surface area contributed by atoms with E-state index in [1.807, 2.05) is 24.3 Å². The van der Waals surface area contributed by atoms with E-state index in [2.05, 4.69) is 39.8 Å². The van der Waals surface area contributed by atoms with Crippen molar-refractivity contribution in [1.82, 2.24) is 0 Å². The fraction of sp³-hybridized carbons (Fsp3) is 0.370. The number of carboxylic acid groups (broad SMARTS) is 1. The molecule has 0 saturated heterocycles. The summed E-state index contributed by atoms with van der Waals surface area (Å²) in [5.41, 5.74) is 4.40. The first kappa shape index (κ1) is 24.9. The summed E-state index contributed by atoms with van der Waals surface area (Å²) in [5.74, 6) is -0.344. The van der Waals surface area contributed by atoms with Gasteiger partial charge in [0.15, 0.2) is 0 Å². The van der Waals surface area contributed by atoms with Crippen LogP contribution in [-0.4, -0.2) is 24.1 Å². The summed E-state index contributed by atoms with van der Waals surface area (Å²) >= 11 is 1.53. The van der Waals surface area contributed by atoms with Crippen LogP contribution in [0.15, 0.2) is 42.5 Å². The van der Waals surface area contributed by atoms with Crippen LogP contribution < -0.4 is 4.74 Å². The normalized spacial score (nSPS) is 12.5. The summed E-state index contributed by atoms with van der Waals surface area (Å²) < 4.78 is 32.8. The Balaban J connectivity index is 2.26. The van der Waals surface area contributed by atoms with Crippen LogP contribution in [0, 0.1) is 0 Å². The second kappa shape index (κ2) is 10.0. The molecule has 0 bridgehead atoms. The number of ether oxygens (including phenoxy) is 1. The quantitative estimate of drug-likeness (QED) is 0.338. The van der Waals surface area contributed by atoms with Crippen LogP contribution in [0.5, 0.6) is 5.75 Å². The molecule has 0 unspecified atom stereocenters. The number of rotatable bonds is 8. The maximum absolute atomic E-state index is 12.9. The molecule has 1 heterocycles. The van der Waals surface area contributed by atoms with E-state index in [1.54, 1.807) is 6.92 Å². The Labute approximate surface area is 197 Å². The molecule has 0 aliphatic rings. The lowest BCUT2D eigenvalue weighted by atomic mass is 9.82. The van der Waals surface area contributed by atoms with E-state index in [0.717, 1.165) is 43.6 Å². The van der Waals surface area contributed by atoms with Gasteiger partial charge < -0.3 is 9.84 Å². The van der Waals surface area contributed by atoms with Crippen LogP contribution in [0.4, 0.5) is 8.78 Å². The smallest absolute Gasteiger partial charge is 0.328 e. The van der Waals surface area contributed by atoms with Gasteiger partial charge in [-0.15, -0.1) is 11.3 Å². The highest BCUT2D eigenvalue weighted by atomic mass is 32.1. The molecule has 3 rings (SSSR count). The zero-order chi connectivity index (χ0) is 24.3. The number of halogens is 2. The molecule has 6 heteroatoms. The van der Waals surface area contributed by atoms with Crippen LogP contribution in [0.2, 0.25) is 0 Å². The maximum atomic E-state index is 12.9. The number of aryl methyl sites for hydroxylation is 1. The van der Waals surface area contributed by atoms with Crippen LogP contribution in [0.25, 0.3) is 26.8 Å². The number of carbonyl (C=O) groups is 1. The number of carboxylic acids is 1. The molecular formula is C27H30F2O3S. The maximum Gasteiger partial charge on any atom is 0.328 e. The molecule has 1 aromatic heterocycles. The van der Waals surface area contributed by atoms with Crippen molar-refractivity contribution in [2.24, 2.45) is 0 Å². The van der Waals surface area contributed by atoms with Gasteiger partial charge in [-0.05, 0) is 53.7 Å². The Morgan fingerprint density at radius 3 is 2.52 bits per heavy atom. The SMILES string of the molecule is CCc1cc(-c2cccc3sc(/C(C)=C/C(=O)O)cc23)c(OCCC(F)F)c(C(C)(C)C)c1. The zero-order valence-electron chi connectivity index (χ0n) is 19.7. The van der Waals surface area contributed by atoms with E-state index in [0.29, 0.717) is 11.3 Å². The van der Waals surface area contributed by atoms with Crippen LogP contribution in [-0.2, 0) is 16.6 Å². The van der Waals surface area contributed by atoms with Crippen molar-refractivity contribution in [1.29, 1.82) is 0 Å². The lowest BCUT2D eigenvalue weighted by molar-refractivity contribution is -0.131. The number of benzene rings is 2. The topological polar surface area (TPSA) is 46.5 Å². The third kappa shape index (κ3) is 5.80. The van der Waals surface area contributed by atoms with Crippen molar-refractivity contribution in [2.45, 2.75) is 59.3 Å². The van der Waals surface area contributed by atoms with Gasteiger partial charge in [-0.1, -0.05) is 45.9 Å². The summed E-state index contributed by atoms with van der Waals surface area (Å²) in [6.45, 7) is 10.1. The van der Waals surface area contributed by atoms with Gasteiger partial charge in [-0.3, -0.25) is 0 Å². The molecule has 3 nitrogen and oxygen atoms in total. The summed E-state index contributed by atoms with van der Waals surface area (Å²) in [6, 6.07) is 12.2. The molecule has 2 aromatic carbocycles. The van der Waals surface area contributed by atoms with E-state index < -0.39 is 12.4 Å². The first-order valence-corrected chi connectivity index (χ1v) is 11.9. The van der Waals surface area contributed by atoms with Crippen molar-refractivity contribution >= 4 is 33.0 Å². The van der Waals surface area contributed by atoms with Crippen LogP contribution >= 0.6 is 11.3 Å². The van der Waals surface area contributed by atoms with Gasteiger partial charge in [-0.25, -0.2) is 13.6 Å². The highest BCUT2D eigenvalue weighted by Crippen LogP contribution is 2.44. The van der Waals surface area contributed by atoms with Gasteiger partial charge in [0, 0.05) is 38.6 Å². The minimum atomic E-state index is -2.42. The van der Waals surface area contributed by atoms with Crippen molar-refractivity contribution < 1.29 is 23.4 Å². The number of allylic oxidation sites excluding steroid dienone is 1. The summed E-state index contributed by atoms with van der Waals surface area (Å²) in [6.07, 6.45) is -0.713. The third-order valence-corrected chi connectivity index (χ3v) is 6.76. The third-order valence-electron chi connectivity index (χ3n) is 5.53. The number of hydrogen-bond acceptors (Lipinski definition) is 3. The summed E-state index contributed by atoms with van der Waals surface area (Å²) in [7, 11) is 0. The zero-order valence-corrected chi connectivity index (χ0v) is 20.5. The first-order chi connectivity index (χ1) is 15.5. The number of aliphatic carboxylic acids is 1. The van der Waals surface area contributed by atoms with Gasteiger partial charge in [0.2, 0.25) is 6.43 Å². The van der Waals surface area contributed by atoms with Gasteiger partial charge in [0.05, 0.1) is 6.61 Å². The van der Waals surface area contributed by atoms with Gasteiger partial charge >= 0.3 is 5.97 Å². The Hall–Kier alpha value is -2.73. The predicted molar refractivity (Wildman–Crippen MR) is 133 cm³/mol. The van der Waals surface area contributed by atoms with Crippen molar-refractivity contribution in [3.8, 4) is 16.9 Å². The highest BCUT2D eigenvalue weighted by Gasteiger charge is 2.25. The lowest BCUT2D eigenvalue weighted by Crippen LogP contribution is -2.16. The molecule has 176 valence electrons.